The second-order valence-corrected chi connectivity index (χ2v) is 10.0. The third-order valence-corrected chi connectivity index (χ3v) is 7.31. The van der Waals surface area contributed by atoms with E-state index >= 15 is 0 Å². The van der Waals surface area contributed by atoms with Crippen LogP contribution in [0.1, 0.15) is 0 Å². The van der Waals surface area contributed by atoms with Gasteiger partial charge in [0, 0.05) is 21.9 Å². The first kappa shape index (κ1) is 22.0. The van der Waals surface area contributed by atoms with E-state index in [4.69, 9.17) is 16.6 Å². The molecule has 0 saturated heterocycles. The summed E-state index contributed by atoms with van der Waals surface area (Å²) in [5, 5.41) is 12.1. The third kappa shape index (κ3) is 3.80. The molecular weight excluding hydrogens is 504 g/mol. The maximum Gasteiger partial charge on any atom is 0.270 e. The van der Waals surface area contributed by atoms with Gasteiger partial charge in [-0.2, -0.15) is 5.10 Å². The molecule has 3 N–H and O–H groups in total. The number of pyridine rings is 2. The number of rotatable bonds is 5. The molecule has 4 aromatic heterocycles. The van der Waals surface area contributed by atoms with Gasteiger partial charge < -0.3 is 9.51 Å². The average Bonchev–Trinajstić information content (AvgIpc) is 3.55. The summed E-state index contributed by atoms with van der Waals surface area (Å²) in [5.74, 6) is 0. The minimum atomic E-state index is -4.23. The van der Waals surface area contributed by atoms with Crippen LogP contribution >= 0.6 is 11.6 Å². The largest absolute Gasteiger partial charge is 0.362 e. The van der Waals surface area contributed by atoms with Crippen molar-refractivity contribution in [3.8, 4) is 22.4 Å². The van der Waals surface area contributed by atoms with Gasteiger partial charge >= 0.3 is 0 Å². The summed E-state index contributed by atoms with van der Waals surface area (Å²) in [6.45, 7) is 0. The van der Waals surface area contributed by atoms with E-state index < -0.39 is 20.5 Å². The van der Waals surface area contributed by atoms with Gasteiger partial charge in [0.05, 0.1) is 28.6 Å². The lowest BCUT2D eigenvalue weighted by molar-refractivity contribution is 0.420. The second-order valence-electron chi connectivity index (χ2n) is 7.96. The van der Waals surface area contributed by atoms with Gasteiger partial charge in [-0.05, 0) is 29.8 Å². The van der Waals surface area contributed by atoms with Crippen LogP contribution in [0.4, 0.5) is 5.69 Å². The minimum absolute atomic E-state index is 0.0933. The molecule has 0 bridgehead atoms. The third-order valence-electron chi connectivity index (χ3n) is 5.63. The van der Waals surface area contributed by atoms with Crippen LogP contribution in [-0.4, -0.2) is 33.7 Å². The number of halogens is 1. The maximum absolute atomic E-state index is 12.9. The zero-order chi connectivity index (χ0) is 24.9. The molecule has 0 aliphatic carbocycles. The molecule has 178 valence electrons. The molecule has 36 heavy (non-hydrogen) atoms. The molecule has 0 fully saturated rings. The van der Waals surface area contributed by atoms with Crippen molar-refractivity contribution in [2.45, 2.75) is 4.90 Å². The molecule has 0 radical (unpaired) electrons. The topological polar surface area (TPSA) is 147 Å². The van der Waals surface area contributed by atoms with Crippen LogP contribution in [-0.2, 0) is 10.0 Å². The molecule has 12 heteroatoms. The lowest BCUT2D eigenvalue weighted by atomic mass is 9.97. The number of aromatic amines is 2. The minimum Gasteiger partial charge on any atom is -0.362 e. The van der Waals surface area contributed by atoms with Crippen LogP contribution in [0.2, 0.25) is 5.02 Å². The van der Waals surface area contributed by atoms with Gasteiger partial charge in [-0.25, -0.2) is 13.4 Å². The second kappa shape index (κ2) is 8.33. The van der Waals surface area contributed by atoms with Crippen molar-refractivity contribution in [2.75, 3.05) is 4.72 Å². The predicted octanol–water partition coefficient (Wildman–Crippen LogP) is 4.58. The highest BCUT2D eigenvalue weighted by Gasteiger charge is 2.22. The molecule has 10 nitrogen and oxygen atoms in total. The van der Waals surface area contributed by atoms with Gasteiger partial charge in [-0.3, -0.25) is 14.6 Å². The van der Waals surface area contributed by atoms with E-state index in [0.29, 0.717) is 27.2 Å². The molecule has 0 aliphatic rings. The van der Waals surface area contributed by atoms with Crippen molar-refractivity contribution in [3.05, 3.63) is 88.6 Å². The maximum atomic E-state index is 12.9. The van der Waals surface area contributed by atoms with Crippen LogP contribution in [0.3, 0.4) is 0 Å². The molecule has 4 heterocycles. The van der Waals surface area contributed by atoms with E-state index in [1.165, 1.54) is 12.3 Å². The lowest BCUT2D eigenvalue weighted by Crippen LogP contribution is -2.23. The van der Waals surface area contributed by atoms with Gasteiger partial charge in [0.25, 0.3) is 15.6 Å². The van der Waals surface area contributed by atoms with Crippen LogP contribution in [0.5, 0.6) is 0 Å². The first-order chi connectivity index (χ1) is 17.4. The van der Waals surface area contributed by atoms with E-state index in [2.05, 4.69) is 29.6 Å². The number of hydrogen-bond donors (Lipinski definition) is 3. The Kier molecular flexibility index (Phi) is 5.09. The van der Waals surface area contributed by atoms with E-state index in [0.717, 1.165) is 22.8 Å². The molecule has 0 saturated carbocycles. The number of sulfonamides is 1. The molecule has 0 aliphatic heterocycles. The number of aromatic nitrogens is 5. The number of hydrogen-bond acceptors (Lipinski definition) is 7. The Morgan fingerprint density at radius 3 is 2.58 bits per heavy atom. The van der Waals surface area contributed by atoms with Gasteiger partial charge in [-0.15, -0.1) is 0 Å². The van der Waals surface area contributed by atoms with E-state index in [-0.39, 0.29) is 11.3 Å². The number of H-pyrrole nitrogens is 2. The SMILES string of the molecule is O=c1[nH]c2nc(-c3ccccc3)c(-c3cc(Cl)c4[nH]ncc4c3)cc2cc1S(=O)(=O)Nc1cnoc1. The zero-order valence-electron chi connectivity index (χ0n) is 18.2. The van der Waals surface area contributed by atoms with Crippen LogP contribution < -0.4 is 10.3 Å². The standard InChI is InChI=1S/C24H15ClN6O4S/c25-19-8-14(6-16-10-26-30-22(16)19)18-7-15-9-20(36(33,34)31-17-11-27-35-12-17)24(32)29-23(15)28-21(18)13-4-2-1-3-5-13/h1-12,31H,(H,26,30)(H,28,29,32). The number of fused-ring (bicyclic) bond motifs is 2. The number of nitrogens with zero attached hydrogens (tertiary/aromatic N) is 3. The summed E-state index contributed by atoms with van der Waals surface area (Å²) < 4.78 is 32.8. The number of nitrogens with one attached hydrogen (secondary N) is 3. The van der Waals surface area contributed by atoms with E-state index in [1.807, 2.05) is 36.4 Å². The predicted molar refractivity (Wildman–Crippen MR) is 135 cm³/mol. The Morgan fingerprint density at radius 1 is 0.972 bits per heavy atom. The summed E-state index contributed by atoms with van der Waals surface area (Å²) in [4.78, 5) is 19.6. The zero-order valence-corrected chi connectivity index (χ0v) is 19.8. The molecule has 0 spiro atoms. The summed E-state index contributed by atoms with van der Waals surface area (Å²) in [7, 11) is -4.23. The first-order valence-corrected chi connectivity index (χ1v) is 12.4. The Balaban J connectivity index is 1.59. The number of anilines is 1. The highest BCUT2D eigenvalue weighted by molar-refractivity contribution is 7.92. The fraction of sp³-hybridized carbons (Fsp3) is 0. The highest BCUT2D eigenvalue weighted by Crippen LogP contribution is 2.36. The summed E-state index contributed by atoms with van der Waals surface area (Å²) in [5.41, 5.74) is 3.07. The van der Waals surface area contributed by atoms with Crippen molar-refractivity contribution in [1.29, 1.82) is 0 Å². The quantitative estimate of drug-likeness (QED) is 0.302. The van der Waals surface area contributed by atoms with Crippen molar-refractivity contribution in [2.24, 2.45) is 0 Å². The van der Waals surface area contributed by atoms with Crippen molar-refractivity contribution >= 4 is 49.2 Å². The molecular formula is C24H15ClN6O4S. The van der Waals surface area contributed by atoms with Gasteiger partial charge in [-0.1, -0.05) is 47.1 Å². The monoisotopic (exact) mass is 518 g/mol. The Hall–Kier alpha value is -4.48. The van der Waals surface area contributed by atoms with Crippen LogP contribution in [0, 0.1) is 0 Å². The molecule has 0 unspecified atom stereocenters. The summed E-state index contributed by atoms with van der Waals surface area (Å²) in [6.07, 6.45) is 3.97. The van der Waals surface area contributed by atoms with Crippen molar-refractivity contribution < 1.29 is 12.9 Å². The molecule has 0 amide bonds. The highest BCUT2D eigenvalue weighted by atomic mass is 35.5. The normalized spacial score (nSPS) is 11.8. The van der Waals surface area contributed by atoms with Crippen molar-refractivity contribution in [3.63, 3.8) is 0 Å². The molecule has 0 atom stereocenters. The smallest absolute Gasteiger partial charge is 0.270 e. The fourth-order valence-electron chi connectivity index (χ4n) is 3.99. The molecule has 6 rings (SSSR count). The van der Waals surface area contributed by atoms with Crippen molar-refractivity contribution in [1.82, 2.24) is 25.3 Å². The Labute approximate surface area is 208 Å². The van der Waals surface area contributed by atoms with Gasteiger partial charge in [0.2, 0.25) is 0 Å². The molecule has 2 aromatic carbocycles. The van der Waals surface area contributed by atoms with Crippen LogP contribution in [0.25, 0.3) is 44.3 Å². The summed E-state index contributed by atoms with van der Waals surface area (Å²) in [6, 6.07) is 16.2. The van der Waals surface area contributed by atoms with E-state index in [1.54, 1.807) is 18.3 Å². The summed E-state index contributed by atoms with van der Waals surface area (Å²) >= 11 is 6.50. The number of benzene rings is 2. The molecule has 6 aromatic rings. The lowest BCUT2D eigenvalue weighted by Gasteiger charge is -2.13. The van der Waals surface area contributed by atoms with Gasteiger partial charge in [0.1, 0.15) is 17.6 Å². The Bertz CT molecular complexity index is 1920. The van der Waals surface area contributed by atoms with Crippen LogP contribution in [0.15, 0.2) is 87.5 Å². The van der Waals surface area contributed by atoms with E-state index in [9.17, 15) is 13.2 Å². The average molecular weight is 519 g/mol. The first-order valence-electron chi connectivity index (χ1n) is 10.6. The fourth-order valence-corrected chi connectivity index (χ4v) is 5.35. The van der Waals surface area contributed by atoms with Gasteiger partial charge in [0.15, 0.2) is 4.90 Å². The Morgan fingerprint density at radius 2 is 1.81 bits per heavy atom.